The maximum Gasteiger partial charge on any atom is 0.107 e. The van der Waals surface area contributed by atoms with Crippen molar-refractivity contribution in [1.29, 1.82) is 0 Å². The zero-order valence-electron chi connectivity index (χ0n) is 12.7. The van der Waals surface area contributed by atoms with E-state index in [1.807, 2.05) is 0 Å². The van der Waals surface area contributed by atoms with E-state index in [4.69, 9.17) is 4.98 Å². The molecule has 4 heteroatoms. The lowest BCUT2D eigenvalue weighted by molar-refractivity contribution is 0.166. The molecule has 0 saturated carbocycles. The Balaban J connectivity index is 1.41. The molecule has 0 aliphatic carbocycles. The second-order valence-electron chi connectivity index (χ2n) is 6.28. The fourth-order valence-electron chi connectivity index (χ4n) is 3.48. The molecule has 1 fully saturated rings. The largest absolute Gasteiger partial charge is 0.342 e. The number of aromatic nitrogens is 2. The quantitative estimate of drug-likeness (QED) is 0.787. The van der Waals surface area contributed by atoms with E-state index < -0.39 is 0 Å². The van der Waals surface area contributed by atoms with E-state index in [0.29, 0.717) is 5.92 Å². The van der Waals surface area contributed by atoms with Gasteiger partial charge in [-0.3, -0.25) is 4.90 Å². The number of thiophene rings is 1. The average molecular weight is 311 g/mol. The number of hydrogen-bond acceptors (Lipinski definition) is 3. The number of piperidine rings is 1. The van der Waals surface area contributed by atoms with Crippen LogP contribution in [0.1, 0.15) is 24.2 Å². The number of benzene rings is 1. The van der Waals surface area contributed by atoms with Crippen molar-refractivity contribution >= 4 is 22.4 Å². The van der Waals surface area contributed by atoms with Gasteiger partial charge in [0.15, 0.2) is 0 Å². The summed E-state index contributed by atoms with van der Waals surface area (Å²) in [7, 11) is 0. The third-order valence-corrected chi connectivity index (χ3v) is 5.24. The second kappa shape index (κ2) is 6.23. The van der Waals surface area contributed by atoms with Gasteiger partial charge in [-0.1, -0.05) is 12.1 Å². The lowest BCUT2D eigenvalue weighted by Gasteiger charge is -2.32. The van der Waals surface area contributed by atoms with E-state index >= 15 is 0 Å². The molecule has 0 spiro atoms. The molecule has 0 unspecified atom stereocenters. The molecule has 114 valence electrons. The molecule has 0 amide bonds. The first-order valence-electron chi connectivity index (χ1n) is 8.04. The van der Waals surface area contributed by atoms with Crippen LogP contribution in [0.25, 0.3) is 11.0 Å². The SMILES string of the molecule is c1ccc2[nH]c(C[C@H]3CCCN(Cc4ccsc4)C3)nc2c1. The number of fused-ring (bicyclic) bond motifs is 1. The molecule has 3 heterocycles. The molecule has 1 N–H and O–H groups in total. The van der Waals surface area contributed by atoms with Gasteiger partial charge in [-0.15, -0.1) is 0 Å². The number of para-hydroxylation sites is 2. The molecule has 0 radical (unpaired) electrons. The molecule has 2 aromatic heterocycles. The van der Waals surface area contributed by atoms with Crippen LogP contribution < -0.4 is 0 Å². The second-order valence-corrected chi connectivity index (χ2v) is 7.06. The summed E-state index contributed by atoms with van der Waals surface area (Å²) >= 11 is 1.79. The van der Waals surface area contributed by atoms with Gasteiger partial charge in [0.25, 0.3) is 0 Å². The molecular formula is C18H21N3S. The summed E-state index contributed by atoms with van der Waals surface area (Å²) in [5, 5.41) is 4.44. The zero-order chi connectivity index (χ0) is 14.8. The smallest absolute Gasteiger partial charge is 0.107 e. The minimum atomic E-state index is 0.716. The van der Waals surface area contributed by atoms with Crippen LogP contribution in [0.2, 0.25) is 0 Å². The molecule has 3 aromatic rings. The molecule has 1 aliphatic heterocycles. The van der Waals surface area contributed by atoms with Crippen molar-refractivity contribution < 1.29 is 0 Å². The Morgan fingerprint density at radius 2 is 2.23 bits per heavy atom. The topological polar surface area (TPSA) is 31.9 Å². The van der Waals surface area contributed by atoms with Gasteiger partial charge in [-0.2, -0.15) is 11.3 Å². The van der Waals surface area contributed by atoms with Crippen LogP contribution >= 0.6 is 11.3 Å². The maximum atomic E-state index is 4.74. The van der Waals surface area contributed by atoms with Crippen molar-refractivity contribution in [3.05, 3.63) is 52.5 Å². The summed E-state index contributed by atoms with van der Waals surface area (Å²) < 4.78 is 0. The normalized spacial score (nSPS) is 19.7. The zero-order valence-corrected chi connectivity index (χ0v) is 13.5. The Hall–Kier alpha value is -1.65. The summed E-state index contributed by atoms with van der Waals surface area (Å²) in [5.74, 6) is 1.86. The number of imidazole rings is 1. The molecule has 22 heavy (non-hydrogen) atoms. The van der Waals surface area contributed by atoms with Crippen molar-refractivity contribution in [3.63, 3.8) is 0 Å². The highest BCUT2D eigenvalue weighted by molar-refractivity contribution is 7.07. The van der Waals surface area contributed by atoms with E-state index in [0.717, 1.165) is 29.8 Å². The Bertz CT molecular complexity index is 699. The van der Waals surface area contributed by atoms with E-state index in [1.54, 1.807) is 11.3 Å². The fraction of sp³-hybridized carbons (Fsp3) is 0.389. The van der Waals surface area contributed by atoms with Crippen LogP contribution in [-0.2, 0) is 13.0 Å². The molecule has 4 rings (SSSR count). The molecule has 3 nitrogen and oxygen atoms in total. The van der Waals surface area contributed by atoms with Crippen LogP contribution in [0.15, 0.2) is 41.1 Å². The summed E-state index contributed by atoms with van der Waals surface area (Å²) in [6.45, 7) is 3.51. The highest BCUT2D eigenvalue weighted by Crippen LogP contribution is 2.23. The number of nitrogens with zero attached hydrogens (tertiary/aromatic N) is 2. The van der Waals surface area contributed by atoms with Crippen molar-refractivity contribution in [3.8, 4) is 0 Å². The van der Waals surface area contributed by atoms with Crippen molar-refractivity contribution in [1.82, 2.24) is 14.9 Å². The number of likely N-dealkylation sites (tertiary alicyclic amines) is 1. The predicted octanol–water partition coefficient (Wildman–Crippen LogP) is 4.08. The Morgan fingerprint density at radius 3 is 3.09 bits per heavy atom. The Labute approximate surface area is 135 Å². The van der Waals surface area contributed by atoms with Gasteiger partial charge < -0.3 is 4.98 Å². The minimum absolute atomic E-state index is 0.716. The Kier molecular flexibility index (Phi) is 3.95. The predicted molar refractivity (Wildman–Crippen MR) is 92.1 cm³/mol. The summed E-state index contributed by atoms with van der Waals surface area (Å²) in [5.41, 5.74) is 3.70. The van der Waals surface area contributed by atoms with Gasteiger partial charge in [0.2, 0.25) is 0 Å². The van der Waals surface area contributed by atoms with Crippen molar-refractivity contribution in [2.24, 2.45) is 5.92 Å². The van der Waals surface area contributed by atoms with Crippen LogP contribution in [-0.4, -0.2) is 28.0 Å². The van der Waals surface area contributed by atoms with Crippen molar-refractivity contribution in [2.75, 3.05) is 13.1 Å². The van der Waals surface area contributed by atoms with E-state index in [-0.39, 0.29) is 0 Å². The molecule has 0 bridgehead atoms. The summed E-state index contributed by atoms with van der Waals surface area (Å²) in [6.07, 6.45) is 3.68. The monoisotopic (exact) mass is 311 g/mol. The number of rotatable bonds is 4. The van der Waals surface area contributed by atoms with E-state index in [9.17, 15) is 0 Å². The molecule has 1 aliphatic rings. The van der Waals surface area contributed by atoms with E-state index in [2.05, 4.69) is 51.0 Å². The van der Waals surface area contributed by atoms with Crippen molar-refractivity contribution in [2.45, 2.75) is 25.8 Å². The van der Waals surface area contributed by atoms with Gasteiger partial charge in [-0.25, -0.2) is 4.98 Å². The molecule has 1 aromatic carbocycles. The molecular weight excluding hydrogens is 290 g/mol. The highest BCUT2D eigenvalue weighted by Gasteiger charge is 2.21. The lowest BCUT2D eigenvalue weighted by atomic mass is 9.94. The minimum Gasteiger partial charge on any atom is -0.342 e. The van der Waals surface area contributed by atoms with Gasteiger partial charge in [0.1, 0.15) is 5.82 Å². The van der Waals surface area contributed by atoms with Crippen LogP contribution in [0.4, 0.5) is 0 Å². The van der Waals surface area contributed by atoms with Gasteiger partial charge in [0, 0.05) is 19.5 Å². The lowest BCUT2D eigenvalue weighted by Crippen LogP contribution is -2.35. The van der Waals surface area contributed by atoms with Gasteiger partial charge >= 0.3 is 0 Å². The standard InChI is InChI=1S/C18H21N3S/c1-2-6-17-16(5-1)19-18(20-17)10-14-4-3-8-21(11-14)12-15-7-9-22-13-15/h1-2,5-7,9,13-14H,3-4,8,10-12H2,(H,19,20)/t14-/m1/s1. The summed E-state index contributed by atoms with van der Waals surface area (Å²) in [4.78, 5) is 10.8. The first-order valence-corrected chi connectivity index (χ1v) is 8.98. The average Bonchev–Trinajstić information content (AvgIpc) is 3.16. The first kappa shape index (κ1) is 14.0. The van der Waals surface area contributed by atoms with Crippen LogP contribution in [0, 0.1) is 5.92 Å². The number of aromatic amines is 1. The fourth-order valence-corrected chi connectivity index (χ4v) is 4.14. The number of H-pyrrole nitrogens is 1. The third kappa shape index (κ3) is 3.08. The maximum absolute atomic E-state index is 4.74. The van der Waals surface area contributed by atoms with Gasteiger partial charge in [0.05, 0.1) is 11.0 Å². The Morgan fingerprint density at radius 1 is 1.27 bits per heavy atom. The number of hydrogen-bond donors (Lipinski definition) is 1. The summed E-state index contributed by atoms with van der Waals surface area (Å²) in [6, 6.07) is 10.5. The number of nitrogens with one attached hydrogen (secondary N) is 1. The molecule has 1 atom stereocenters. The van der Waals surface area contributed by atoms with E-state index in [1.165, 1.54) is 31.5 Å². The first-order chi connectivity index (χ1) is 10.9. The molecule has 1 saturated heterocycles. The van der Waals surface area contributed by atoms with Crippen LogP contribution in [0.3, 0.4) is 0 Å². The van der Waals surface area contributed by atoms with Crippen LogP contribution in [0.5, 0.6) is 0 Å². The highest BCUT2D eigenvalue weighted by atomic mass is 32.1. The third-order valence-electron chi connectivity index (χ3n) is 4.51. The van der Waals surface area contributed by atoms with Gasteiger partial charge in [-0.05, 0) is 59.8 Å².